The first-order chi connectivity index (χ1) is 6.24. The van der Waals surface area contributed by atoms with E-state index in [0.29, 0.717) is 6.54 Å². The van der Waals surface area contributed by atoms with Gasteiger partial charge in [-0.2, -0.15) is 0 Å². The highest BCUT2D eigenvalue weighted by atomic mass is 14.7. The zero-order valence-electron chi connectivity index (χ0n) is 8.25. The van der Waals surface area contributed by atoms with Crippen molar-refractivity contribution < 1.29 is 0 Å². The Morgan fingerprint density at radius 1 is 1.38 bits per heavy atom. The van der Waals surface area contributed by atoms with Gasteiger partial charge in [0.15, 0.2) is 0 Å². The van der Waals surface area contributed by atoms with Crippen LogP contribution >= 0.6 is 0 Å². The lowest BCUT2D eigenvalue weighted by atomic mass is 10.1. The van der Waals surface area contributed by atoms with Crippen LogP contribution in [0.3, 0.4) is 0 Å². The van der Waals surface area contributed by atoms with Crippen molar-refractivity contribution in [2.75, 3.05) is 6.54 Å². The van der Waals surface area contributed by atoms with Crippen LogP contribution < -0.4 is 0 Å². The van der Waals surface area contributed by atoms with Gasteiger partial charge in [-0.05, 0) is 19.4 Å². The predicted octanol–water partition coefficient (Wildman–Crippen LogP) is 2.99. The quantitative estimate of drug-likeness (QED) is 0.492. The SMILES string of the molecule is C=CCN=C(C)c1ccc(C)cc1. The summed E-state index contributed by atoms with van der Waals surface area (Å²) < 4.78 is 0. The average Bonchev–Trinajstić information content (AvgIpc) is 2.15. The fourth-order valence-corrected chi connectivity index (χ4v) is 1.09. The highest BCUT2D eigenvalue weighted by Gasteiger charge is 1.94. The topological polar surface area (TPSA) is 12.4 Å². The number of hydrogen-bond donors (Lipinski definition) is 0. The van der Waals surface area contributed by atoms with E-state index in [9.17, 15) is 0 Å². The summed E-state index contributed by atoms with van der Waals surface area (Å²) in [5.74, 6) is 0. The molecular weight excluding hydrogens is 158 g/mol. The van der Waals surface area contributed by atoms with Crippen molar-refractivity contribution in [3.63, 3.8) is 0 Å². The van der Waals surface area contributed by atoms with Crippen molar-refractivity contribution in [3.05, 3.63) is 48.0 Å². The van der Waals surface area contributed by atoms with Crippen LogP contribution in [0.5, 0.6) is 0 Å². The maximum atomic E-state index is 4.34. The molecule has 0 aromatic heterocycles. The van der Waals surface area contributed by atoms with E-state index in [0.717, 1.165) is 5.71 Å². The molecule has 0 spiro atoms. The van der Waals surface area contributed by atoms with E-state index in [1.807, 2.05) is 6.92 Å². The third-order valence-electron chi connectivity index (χ3n) is 1.93. The highest BCUT2D eigenvalue weighted by molar-refractivity contribution is 5.98. The summed E-state index contributed by atoms with van der Waals surface area (Å²) in [5, 5.41) is 0. The normalized spacial score (nSPS) is 11.4. The molecule has 0 saturated heterocycles. The van der Waals surface area contributed by atoms with Gasteiger partial charge in [0.25, 0.3) is 0 Å². The molecule has 0 aliphatic carbocycles. The Hall–Kier alpha value is -1.37. The first-order valence-corrected chi connectivity index (χ1v) is 4.43. The van der Waals surface area contributed by atoms with Gasteiger partial charge in [-0.15, -0.1) is 6.58 Å². The minimum atomic E-state index is 0.694. The maximum absolute atomic E-state index is 4.34. The molecule has 0 amide bonds. The number of rotatable bonds is 3. The van der Waals surface area contributed by atoms with Gasteiger partial charge in [-0.25, -0.2) is 0 Å². The summed E-state index contributed by atoms with van der Waals surface area (Å²) in [6.45, 7) is 8.43. The lowest BCUT2D eigenvalue weighted by Crippen LogP contribution is -1.95. The van der Waals surface area contributed by atoms with Gasteiger partial charge < -0.3 is 0 Å². The van der Waals surface area contributed by atoms with Crippen LogP contribution in [0.1, 0.15) is 18.1 Å². The summed E-state index contributed by atoms with van der Waals surface area (Å²) in [5.41, 5.74) is 3.53. The van der Waals surface area contributed by atoms with E-state index >= 15 is 0 Å². The van der Waals surface area contributed by atoms with E-state index in [-0.39, 0.29) is 0 Å². The highest BCUT2D eigenvalue weighted by Crippen LogP contribution is 2.04. The summed E-state index contributed by atoms with van der Waals surface area (Å²) in [6, 6.07) is 8.39. The Morgan fingerprint density at radius 2 is 2.00 bits per heavy atom. The second kappa shape index (κ2) is 4.61. The Bertz CT molecular complexity index is 306. The smallest absolute Gasteiger partial charge is 0.0571 e. The van der Waals surface area contributed by atoms with Crippen molar-refractivity contribution in [2.24, 2.45) is 4.99 Å². The lowest BCUT2D eigenvalue weighted by Gasteiger charge is -2.00. The minimum absolute atomic E-state index is 0.694. The predicted molar refractivity (Wildman–Crippen MR) is 58.5 cm³/mol. The molecule has 0 aliphatic rings. The lowest BCUT2D eigenvalue weighted by molar-refractivity contribution is 1.24. The summed E-state index contributed by atoms with van der Waals surface area (Å²) >= 11 is 0. The van der Waals surface area contributed by atoms with E-state index in [2.05, 4.69) is 42.8 Å². The Labute approximate surface area is 79.8 Å². The number of aryl methyl sites for hydroxylation is 1. The molecule has 0 saturated carbocycles. The third-order valence-corrected chi connectivity index (χ3v) is 1.93. The molecule has 1 rings (SSSR count). The number of benzene rings is 1. The molecule has 68 valence electrons. The van der Waals surface area contributed by atoms with Gasteiger partial charge in [0.1, 0.15) is 0 Å². The van der Waals surface area contributed by atoms with Crippen LogP contribution in [0.25, 0.3) is 0 Å². The molecular formula is C12H15N. The number of nitrogens with zero attached hydrogens (tertiary/aromatic N) is 1. The first-order valence-electron chi connectivity index (χ1n) is 4.43. The van der Waals surface area contributed by atoms with Crippen LogP contribution in [0.15, 0.2) is 41.9 Å². The molecule has 1 aromatic carbocycles. The van der Waals surface area contributed by atoms with E-state index in [1.165, 1.54) is 11.1 Å². The molecule has 1 heteroatoms. The van der Waals surface area contributed by atoms with Crippen molar-refractivity contribution in [3.8, 4) is 0 Å². The van der Waals surface area contributed by atoms with Gasteiger partial charge >= 0.3 is 0 Å². The van der Waals surface area contributed by atoms with Crippen molar-refractivity contribution in [2.45, 2.75) is 13.8 Å². The van der Waals surface area contributed by atoms with Gasteiger partial charge in [0.05, 0.1) is 6.54 Å². The second-order valence-electron chi connectivity index (χ2n) is 3.08. The van der Waals surface area contributed by atoms with Crippen LogP contribution in [0.4, 0.5) is 0 Å². The summed E-state index contributed by atoms with van der Waals surface area (Å²) in [4.78, 5) is 4.34. The van der Waals surface area contributed by atoms with E-state index < -0.39 is 0 Å². The molecule has 0 aliphatic heterocycles. The molecule has 0 unspecified atom stereocenters. The number of aliphatic imine (C=N–C) groups is 1. The molecule has 0 N–H and O–H groups in total. The van der Waals surface area contributed by atoms with Crippen LogP contribution in [-0.4, -0.2) is 12.3 Å². The summed E-state index contributed by atoms with van der Waals surface area (Å²) in [7, 11) is 0. The maximum Gasteiger partial charge on any atom is 0.0571 e. The fourth-order valence-electron chi connectivity index (χ4n) is 1.09. The molecule has 1 aromatic rings. The molecule has 0 radical (unpaired) electrons. The molecule has 1 nitrogen and oxygen atoms in total. The second-order valence-corrected chi connectivity index (χ2v) is 3.08. The summed E-state index contributed by atoms with van der Waals surface area (Å²) in [6.07, 6.45) is 1.80. The minimum Gasteiger partial charge on any atom is -0.285 e. The zero-order chi connectivity index (χ0) is 9.68. The number of hydrogen-bond acceptors (Lipinski definition) is 1. The average molecular weight is 173 g/mol. The molecule has 0 atom stereocenters. The molecule has 0 bridgehead atoms. The first kappa shape index (κ1) is 9.72. The zero-order valence-corrected chi connectivity index (χ0v) is 8.25. The molecule has 0 heterocycles. The largest absolute Gasteiger partial charge is 0.285 e. The Morgan fingerprint density at radius 3 is 2.54 bits per heavy atom. The molecule has 13 heavy (non-hydrogen) atoms. The molecule has 0 fully saturated rings. The van der Waals surface area contributed by atoms with E-state index in [1.54, 1.807) is 6.08 Å². The van der Waals surface area contributed by atoms with Crippen molar-refractivity contribution >= 4 is 5.71 Å². The van der Waals surface area contributed by atoms with Crippen LogP contribution in [0.2, 0.25) is 0 Å². The van der Waals surface area contributed by atoms with E-state index in [4.69, 9.17) is 0 Å². The van der Waals surface area contributed by atoms with Gasteiger partial charge in [-0.3, -0.25) is 4.99 Å². The third kappa shape index (κ3) is 2.86. The van der Waals surface area contributed by atoms with Crippen molar-refractivity contribution in [1.82, 2.24) is 0 Å². The van der Waals surface area contributed by atoms with Crippen molar-refractivity contribution in [1.29, 1.82) is 0 Å². The van der Waals surface area contributed by atoms with Gasteiger partial charge in [0.2, 0.25) is 0 Å². The van der Waals surface area contributed by atoms with Crippen LogP contribution in [-0.2, 0) is 0 Å². The monoisotopic (exact) mass is 173 g/mol. The van der Waals surface area contributed by atoms with Gasteiger partial charge in [-0.1, -0.05) is 35.9 Å². The Balaban J connectivity index is 2.82. The van der Waals surface area contributed by atoms with Crippen LogP contribution in [0, 0.1) is 6.92 Å². The van der Waals surface area contributed by atoms with Gasteiger partial charge in [0, 0.05) is 5.71 Å². The standard InChI is InChI=1S/C12H15N/c1-4-9-13-11(3)12-7-5-10(2)6-8-12/h4-8H,1,9H2,2-3H3. The fraction of sp³-hybridized carbons (Fsp3) is 0.250. The Kier molecular flexibility index (Phi) is 3.44.